The molecule has 3 rings (SSSR count). The van der Waals surface area contributed by atoms with Gasteiger partial charge in [-0.15, -0.1) is 0 Å². The normalized spacial score (nSPS) is 21.7. The molecule has 0 spiro atoms. The van der Waals surface area contributed by atoms with Crippen LogP contribution in [0.25, 0.3) is 10.4 Å². The molecule has 1 aliphatic heterocycles. The molecule has 2 atom stereocenters. The zero-order valence-electron chi connectivity index (χ0n) is 11.6. The Morgan fingerprint density at radius 3 is 2.71 bits per heavy atom. The Hall–Kier alpha value is -1.59. The summed E-state index contributed by atoms with van der Waals surface area (Å²) < 4.78 is 0. The Kier molecular flexibility index (Phi) is 3.87. The van der Waals surface area contributed by atoms with Crippen molar-refractivity contribution >= 4 is 34.0 Å². The second-order valence-electron chi connectivity index (χ2n) is 5.41. The van der Waals surface area contributed by atoms with Crippen molar-refractivity contribution in [2.45, 2.75) is 6.92 Å². The molecule has 6 heteroatoms. The van der Waals surface area contributed by atoms with Crippen molar-refractivity contribution in [2.75, 3.05) is 18.0 Å². The molecule has 0 radical (unpaired) electrons. The van der Waals surface area contributed by atoms with Crippen LogP contribution in [0.1, 0.15) is 6.92 Å². The molecule has 1 fully saturated rings. The van der Waals surface area contributed by atoms with Crippen molar-refractivity contribution in [3.05, 3.63) is 35.5 Å². The number of hydrogen-bond donors (Lipinski definition) is 1. The van der Waals surface area contributed by atoms with Gasteiger partial charge < -0.3 is 10.6 Å². The summed E-state index contributed by atoms with van der Waals surface area (Å²) in [6.45, 7) is 3.54. The summed E-state index contributed by atoms with van der Waals surface area (Å²) in [6.07, 6.45) is 1.87. The highest BCUT2D eigenvalue weighted by Crippen LogP contribution is 2.35. The fraction of sp³-hybridized carbons (Fsp3) is 0.333. The van der Waals surface area contributed by atoms with E-state index in [9.17, 15) is 4.79 Å². The standard InChI is InChI=1S/C15H16ClN3OS/c1-9-7-19(8-12(9)14(17)20)15-18-6-13(21-15)10-2-4-11(16)5-3-10/h2-6,9,12H,7-8H2,1H3,(H2,17,20)/t9-,12-/m1/s1. The minimum Gasteiger partial charge on any atom is -0.369 e. The molecule has 1 amide bonds. The lowest BCUT2D eigenvalue weighted by molar-refractivity contribution is -0.122. The molecule has 1 aromatic heterocycles. The highest BCUT2D eigenvalue weighted by atomic mass is 35.5. The lowest BCUT2D eigenvalue weighted by Gasteiger charge is -2.13. The summed E-state index contributed by atoms with van der Waals surface area (Å²) in [6, 6.07) is 7.71. The van der Waals surface area contributed by atoms with Gasteiger partial charge >= 0.3 is 0 Å². The molecule has 21 heavy (non-hydrogen) atoms. The predicted octanol–water partition coefficient (Wildman–Crippen LogP) is 3.02. The van der Waals surface area contributed by atoms with Gasteiger partial charge in [0.25, 0.3) is 0 Å². The molecule has 0 unspecified atom stereocenters. The molecule has 2 heterocycles. The van der Waals surface area contributed by atoms with Crippen molar-refractivity contribution < 1.29 is 4.79 Å². The molecule has 2 N–H and O–H groups in total. The number of rotatable bonds is 3. The second-order valence-corrected chi connectivity index (χ2v) is 6.85. The average molecular weight is 322 g/mol. The number of carbonyl (C=O) groups excluding carboxylic acids is 1. The van der Waals surface area contributed by atoms with Crippen molar-refractivity contribution in [1.82, 2.24) is 4.98 Å². The Balaban J connectivity index is 1.80. The van der Waals surface area contributed by atoms with Crippen LogP contribution < -0.4 is 10.6 Å². The molecule has 2 aromatic rings. The summed E-state index contributed by atoms with van der Waals surface area (Å²) in [4.78, 5) is 19.1. The number of hydrogen-bond acceptors (Lipinski definition) is 4. The largest absolute Gasteiger partial charge is 0.369 e. The third kappa shape index (κ3) is 2.89. The van der Waals surface area contributed by atoms with E-state index in [1.807, 2.05) is 30.5 Å². The van der Waals surface area contributed by atoms with E-state index in [4.69, 9.17) is 17.3 Å². The van der Waals surface area contributed by atoms with Gasteiger partial charge in [0, 0.05) is 24.3 Å². The summed E-state index contributed by atoms with van der Waals surface area (Å²) in [7, 11) is 0. The zero-order chi connectivity index (χ0) is 15.0. The van der Waals surface area contributed by atoms with Crippen LogP contribution in [-0.4, -0.2) is 24.0 Å². The van der Waals surface area contributed by atoms with E-state index < -0.39 is 0 Å². The molecule has 1 aliphatic rings. The maximum Gasteiger partial charge on any atom is 0.222 e. The van der Waals surface area contributed by atoms with Gasteiger partial charge in [0.2, 0.25) is 5.91 Å². The van der Waals surface area contributed by atoms with Gasteiger partial charge in [0.05, 0.1) is 10.8 Å². The van der Waals surface area contributed by atoms with E-state index in [2.05, 4.69) is 16.8 Å². The van der Waals surface area contributed by atoms with Gasteiger partial charge in [0.15, 0.2) is 5.13 Å². The molecule has 0 bridgehead atoms. The summed E-state index contributed by atoms with van der Waals surface area (Å²) in [5, 5.41) is 1.66. The minimum atomic E-state index is -0.223. The molecular formula is C15H16ClN3OS. The number of amides is 1. The Labute approximate surface area is 132 Å². The van der Waals surface area contributed by atoms with E-state index in [0.717, 1.165) is 27.1 Å². The number of nitrogens with zero attached hydrogens (tertiary/aromatic N) is 2. The lowest BCUT2D eigenvalue weighted by atomic mass is 9.98. The summed E-state index contributed by atoms with van der Waals surface area (Å²) in [5.74, 6) is -0.0438. The second kappa shape index (κ2) is 5.66. The number of benzene rings is 1. The van der Waals surface area contributed by atoms with Gasteiger partial charge in [-0.05, 0) is 23.6 Å². The molecule has 0 aliphatic carbocycles. The highest BCUT2D eigenvalue weighted by molar-refractivity contribution is 7.18. The van der Waals surface area contributed by atoms with Gasteiger partial charge in [-0.3, -0.25) is 4.79 Å². The summed E-state index contributed by atoms with van der Waals surface area (Å²) >= 11 is 7.53. The number of primary amides is 1. The number of carbonyl (C=O) groups is 1. The van der Waals surface area contributed by atoms with E-state index in [-0.39, 0.29) is 17.7 Å². The maximum atomic E-state index is 11.4. The van der Waals surface area contributed by atoms with Crippen molar-refractivity contribution in [3.8, 4) is 10.4 Å². The van der Waals surface area contributed by atoms with Gasteiger partial charge in [-0.2, -0.15) is 0 Å². The number of thiazole rings is 1. The van der Waals surface area contributed by atoms with Gasteiger partial charge in [-0.1, -0.05) is 42.0 Å². The number of anilines is 1. The molecule has 0 saturated carbocycles. The monoisotopic (exact) mass is 321 g/mol. The van der Waals surface area contributed by atoms with Crippen molar-refractivity contribution in [1.29, 1.82) is 0 Å². The quantitative estimate of drug-likeness (QED) is 0.945. The molecule has 1 saturated heterocycles. The fourth-order valence-electron chi connectivity index (χ4n) is 2.65. The van der Waals surface area contributed by atoms with Crippen LogP contribution in [0.5, 0.6) is 0 Å². The first-order chi connectivity index (χ1) is 10.0. The van der Waals surface area contributed by atoms with E-state index in [0.29, 0.717) is 6.54 Å². The number of halogens is 1. The molecular weight excluding hydrogens is 306 g/mol. The topological polar surface area (TPSA) is 59.2 Å². The van der Waals surface area contributed by atoms with Crippen molar-refractivity contribution in [2.24, 2.45) is 17.6 Å². The lowest BCUT2D eigenvalue weighted by Crippen LogP contribution is -2.29. The van der Waals surface area contributed by atoms with Crippen LogP contribution in [0.4, 0.5) is 5.13 Å². The van der Waals surface area contributed by atoms with Gasteiger partial charge in [-0.25, -0.2) is 4.98 Å². The van der Waals surface area contributed by atoms with E-state index >= 15 is 0 Å². The number of nitrogens with two attached hydrogens (primary N) is 1. The van der Waals surface area contributed by atoms with Crippen molar-refractivity contribution in [3.63, 3.8) is 0 Å². The van der Waals surface area contributed by atoms with Gasteiger partial charge in [0.1, 0.15) is 0 Å². The zero-order valence-corrected chi connectivity index (χ0v) is 13.2. The Morgan fingerprint density at radius 2 is 2.10 bits per heavy atom. The van der Waals surface area contributed by atoms with Crippen LogP contribution in [-0.2, 0) is 4.79 Å². The van der Waals surface area contributed by atoms with E-state index in [1.165, 1.54) is 0 Å². The van der Waals surface area contributed by atoms with Crippen LogP contribution in [0.2, 0.25) is 5.02 Å². The smallest absolute Gasteiger partial charge is 0.222 e. The van der Waals surface area contributed by atoms with Crippen LogP contribution >= 0.6 is 22.9 Å². The van der Waals surface area contributed by atoms with Crippen LogP contribution in [0.3, 0.4) is 0 Å². The average Bonchev–Trinajstić information content (AvgIpc) is 3.06. The third-order valence-electron chi connectivity index (χ3n) is 3.87. The first-order valence-corrected chi connectivity index (χ1v) is 8.00. The molecule has 110 valence electrons. The Morgan fingerprint density at radius 1 is 1.38 bits per heavy atom. The predicted molar refractivity (Wildman–Crippen MR) is 86.6 cm³/mol. The summed E-state index contributed by atoms with van der Waals surface area (Å²) in [5.41, 5.74) is 6.54. The Bertz CT molecular complexity index is 655. The minimum absolute atomic E-state index is 0.0899. The SMILES string of the molecule is C[C@@H]1CN(c2ncc(-c3ccc(Cl)cc3)s2)C[C@H]1C(N)=O. The van der Waals surface area contributed by atoms with E-state index in [1.54, 1.807) is 11.3 Å². The first-order valence-electron chi connectivity index (χ1n) is 6.80. The maximum absolute atomic E-state index is 11.4. The first kappa shape index (κ1) is 14.4. The number of aromatic nitrogens is 1. The fourth-order valence-corrected chi connectivity index (χ4v) is 3.72. The van der Waals surface area contributed by atoms with Crippen LogP contribution in [0.15, 0.2) is 30.5 Å². The highest BCUT2D eigenvalue weighted by Gasteiger charge is 2.34. The van der Waals surface area contributed by atoms with Crippen LogP contribution in [0, 0.1) is 11.8 Å². The third-order valence-corrected chi connectivity index (χ3v) is 5.23. The molecule has 4 nitrogen and oxygen atoms in total. The molecule has 1 aromatic carbocycles.